The third kappa shape index (κ3) is 5.05. The van der Waals surface area contributed by atoms with E-state index in [2.05, 4.69) is 17.1 Å². The first-order valence-corrected chi connectivity index (χ1v) is 14.3. The van der Waals surface area contributed by atoms with Crippen molar-refractivity contribution in [3.63, 3.8) is 0 Å². The number of nitrogens with one attached hydrogen (secondary N) is 1. The van der Waals surface area contributed by atoms with Crippen LogP contribution in [0.4, 0.5) is 5.82 Å². The van der Waals surface area contributed by atoms with Crippen LogP contribution < -0.4 is 5.32 Å². The first-order valence-electron chi connectivity index (χ1n) is 12.9. The van der Waals surface area contributed by atoms with E-state index < -0.39 is 10.0 Å². The summed E-state index contributed by atoms with van der Waals surface area (Å²) in [6.45, 7) is 7.93. The SMILES string of the molecule is CCN1CCC(CNc2ccc3cc(S(=O)(=O)N4CCC(C5CCCCC5)C4)ccc3n2)C1. The summed E-state index contributed by atoms with van der Waals surface area (Å²) in [5.74, 6) is 2.76. The molecule has 3 fully saturated rings. The Kier molecular flexibility index (Phi) is 6.91. The molecule has 1 aliphatic carbocycles. The Morgan fingerprint density at radius 1 is 0.970 bits per heavy atom. The van der Waals surface area contributed by atoms with Crippen molar-refractivity contribution in [2.24, 2.45) is 17.8 Å². The molecule has 1 aromatic carbocycles. The molecule has 0 amide bonds. The van der Waals surface area contributed by atoms with E-state index in [9.17, 15) is 8.42 Å². The minimum Gasteiger partial charge on any atom is -0.370 e. The summed E-state index contributed by atoms with van der Waals surface area (Å²) < 4.78 is 28.4. The highest BCUT2D eigenvalue weighted by Gasteiger charge is 2.36. The van der Waals surface area contributed by atoms with E-state index in [4.69, 9.17) is 4.98 Å². The van der Waals surface area contributed by atoms with Gasteiger partial charge in [-0.25, -0.2) is 13.4 Å². The molecule has 0 radical (unpaired) electrons. The lowest BCUT2D eigenvalue weighted by atomic mass is 9.80. The zero-order chi connectivity index (χ0) is 22.8. The van der Waals surface area contributed by atoms with Crippen LogP contribution in [-0.4, -0.2) is 61.9 Å². The fraction of sp³-hybridized carbons (Fsp3) is 0.654. The monoisotopic (exact) mass is 470 g/mol. The van der Waals surface area contributed by atoms with Crippen LogP contribution in [0.5, 0.6) is 0 Å². The maximum Gasteiger partial charge on any atom is 0.243 e. The fourth-order valence-electron chi connectivity index (χ4n) is 6.09. The molecular weight excluding hydrogens is 432 g/mol. The standard InChI is InChI=1S/C26H38N4O2S/c1-2-29-14-12-20(18-29)17-27-26-11-8-22-16-24(9-10-25(22)28-26)33(31,32)30-15-13-23(19-30)21-6-4-3-5-7-21/h8-11,16,20-21,23H,2-7,12-15,17-19H2,1H3,(H,27,28). The average Bonchev–Trinajstić information content (AvgIpc) is 3.53. The van der Waals surface area contributed by atoms with Crippen molar-refractivity contribution in [2.45, 2.75) is 56.8 Å². The van der Waals surface area contributed by atoms with Crippen LogP contribution in [0.2, 0.25) is 0 Å². The second-order valence-corrected chi connectivity index (χ2v) is 12.2. The summed E-state index contributed by atoms with van der Waals surface area (Å²) in [7, 11) is -3.46. The largest absolute Gasteiger partial charge is 0.370 e. The molecule has 33 heavy (non-hydrogen) atoms. The van der Waals surface area contributed by atoms with E-state index in [-0.39, 0.29) is 0 Å². The Morgan fingerprint density at radius 2 is 1.82 bits per heavy atom. The summed E-state index contributed by atoms with van der Waals surface area (Å²) in [6.07, 6.45) is 8.73. The molecule has 2 unspecified atom stereocenters. The van der Waals surface area contributed by atoms with Crippen molar-refractivity contribution in [1.82, 2.24) is 14.2 Å². The maximum atomic E-state index is 13.4. The Hall–Kier alpha value is -1.70. The summed E-state index contributed by atoms with van der Waals surface area (Å²) in [5, 5.41) is 4.36. The molecule has 2 aliphatic heterocycles. The van der Waals surface area contributed by atoms with E-state index >= 15 is 0 Å². The van der Waals surface area contributed by atoms with Gasteiger partial charge in [0.2, 0.25) is 10.0 Å². The number of likely N-dealkylation sites (tertiary alicyclic amines) is 1. The van der Waals surface area contributed by atoms with E-state index in [1.807, 2.05) is 18.2 Å². The topological polar surface area (TPSA) is 65.5 Å². The fourth-order valence-corrected chi connectivity index (χ4v) is 7.64. The molecule has 7 heteroatoms. The van der Waals surface area contributed by atoms with Gasteiger partial charge < -0.3 is 10.2 Å². The minimum atomic E-state index is -3.46. The average molecular weight is 471 g/mol. The summed E-state index contributed by atoms with van der Waals surface area (Å²) >= 11 is 0. The molecule has 2 saturated heterocycles. The van der Waals surface area contributed by atoms with Gasteiger partial charge in [0.05, 0.1) is 10.4 Å². The predicted octanol–water partition coefficient (Wildman–Crippen LogP) is 4.58. The van der Waals surface area contributed by atoms with Gasteiger partial charge in [0.25, 0.3) is 0 Å². The van der Waals surface area contributed by atoms with Gasteiger partial charge in [-0.15, -0.1) is 0 Å². The lowest BCUT2D eigenvalue weighted by molar-refractivity contribution is 0.256. The van der Waals surface area contributed by atoms with Gasteiger partial charge in [-0.1, -0.05) is 39.0 Å². The quantitative estimate of drug-likeness (QED) is 0.642. The zero-order valence-corrected chi connectivity index (χ0v) is 20.7. The van der Waals surface area contributed by atoms with Crippen LogP contribution in [0.15, 0.2) is 35.2 Å². The molecular formula is C26H38N4O2S. The molecule has 0 bridgehead atoms. The molecule has 1 saturated carbocycles. The van der Waals surface area contributed by atoms with Gasteiger partial charge in [-0.3, -0.25) is 0 Å². The first-order chi connectivity index (χ1) is 16.0. The first kappa shape index (κ1) is 23.1. The molecule has 3 aliphatic rings. The molecule has 1 N–H and O–H groups in total. The number of anilines is 1. The highest BCUT2D eigenvalue weighted by Crippen LogP contribution is 2.37. The van der Waals surface area contributed by atoms with E-state index in [1.54, 1.807) is 16.4 Å². The molecule has 1 aromatic heterocycles. The zero-order valence-electron chi connectivity index (χ0n) is 19.9. The van der Waals surface area contributed by atoms with E-state index in [0.29, 0.717) is 35.7 Å². The minimum absolute atomic E-state index is 0.396. The Balaban J connectivity index is 1.24. The number of benzene rings is 1. The molecule has 180 valence electrons. The Bertz CT molecular complexity index is 1070. The summed E-state index contributed by atoms with van der Waals surface area (Å²) in [4.78, 5) is 7.62. The molecule has 6 nitrogen and oxygen atoms in total. The molecule has 3 heterocycles. The number of hydrogen-bond acceptors (Lipinski definition) is 5. The third-order valence-electron chi connectivity index (χ3n) is 8.19. The molecule has 2 atom stereocenters. The number of rotatable bonds is 7. The number of hydrogen-bond donors (Lipinski definition) is 1. The number of pyridine rings is 1. The predicted molar refractivity (Wildman–Crippen MR) is 134 cm³/mol. The van der Waals surface area contributed by atoms with Crippen molar-refractivity contribution in [1.29, 1.82) is 0 Å². The van der Waals surface area contributed by atoms with Gasteiger partial charge in [0, 0.05) is 31.6 Å². The van der Waals surface area contributed by atoms with Crippen LogP contribution >= 0.6 is 0 Å². The van der Waals surface area contributed by atoms with E-state index in [1.165, 1.54) is 45.1 Å². The lowest BCUT2D eigenvalue weighted by Gasteiger charge is -2.27. The summed E-state index contributed by atoms with van der Waals surface area (Å²) in [5.41, 5.74) is 0.835. The van der Waals surface area contributed by atoms with Gasteiger partial charge in [-0.05, 0) is 74.0 Å². The van der Waals surface area contributed by atoms with Crippen molar-refractivity contribution in [3.8, 4) is 0 Å². The number of aromatic nitrogens is 1. The number of sulfonamides is 1. The normalized spacial score (nSPS) is 25.7. The summed E-state index contributed by atoms with van der Waals surface area (Å²) in [6, 6.07) is 9.35. The molecule has 5 rings (SSSR count). The van der Waals surface area contributed by atoms with Gasteiger partial charge >= 0.3 is 0 Å². The van der Waals surface area contributed by atoms with Gasteiger partial charge in [0.15, 0.2) is 0 Å². The van der Waals surface area contributed by atoms with Crippen molar-refractivity contribution in [3.05, 3.63) is 30.3 Å². The molecule has 2 aromatic rings. The second kappa shape index (κ2) is 9.88. The Labute approximate surface area is 198 Å². The van der Waals surface area contributed by atoms with Crippen LogP contribution in [0, 0.1) is 17.8 Å². The Morgan fingerprint density at radius 3 is 2.61 bits per heavy atom. The van der Waals surface area contributed by atoms with Crippen LogP contribution in [0.25, 0.3) is 10.9 Å². The maximum absolute atomic E-state index is 13.4. The third-order valence-corrected chi connectivity index (χ3v) is 10.1. The van der Waals surface area contributed by atoms with Crippen LogP contribution in [-0.2, 0) is 10.0 Å². The smallest absolute Gasteiger partial charge is 0.243 e. The van der Waals surface area contributed by atoms with Crippen molar-refractivity contribution < 1.29 is 8.42 Å². The highest BCUT2D eigenvalue weighted by molar-refractivity contribution is 7.89. The van der Waals surface area contributed by atoms with Gasteiger partial charge in [-0.2, -0.15) is 4.31 Å². The number of fused-ring (bicyclic) bond motifs is 1. The van der Waals surface area contributed by atoms with Gasteiger partial charge in [0.1, 0.15) is 5.82 Å². The number of nitrogens with zero attached hydrogens (tertiary/aromatic N) is 3. The van der Waals surface area contributed by atoms with Crippen LogP contribution in [0.1, 0.15) is 51.9 Å². The lowest BCUT2D eigenvalue weighted by Crippen LogP contribution is -2.30. The van der Waals surface area contributed by atoms with Crippen LogP contribution in [0.3, 0.4) is 0 Å². The van der Waals surface area contributed by atoms with Crippen molar-refractivity contribution in [2.75, 3.05) is 44.6 Å². The molecule has 0 spiro atoms. The highest BCUT2D eigenvalue weighted by atomic mass is 32.2. The second-order valence-electron chi connectivity index (χ2n) is 10.3. The van der Waals surface area contributed by atoms with Crippen molar-refractivity contribution >= 4 is 26.7 Å². The van der Waals surface area contributed by atoms with E-state index in [0.717, 1.165) is 42.8 Å².